The average Bonchev–Trinajstić information content (AvgIpc) is 2.07. The topological polar surface area (TPSA) is 0 Å². The van der Waals surface area contributed by atoms with Crippen LogP contribution in [0.3, 0.4) is 0 Å². The Hall–Kier alpha value is -0.340. The normalized spacial score (nSPS) is 10.1. The first-order valence-electron chi connectivity index (χ1n) is 3.87. The van der Waals surface area contributed by atoms with E-state index in [1.165, 1.54) is 6.07 Å². The average molecular weight is 264 g/mol. The van der Waals surface area contributed by atoms with Crippen molar-refractivity contribution in [2.24, 2.45) is 0 Å². The molecule has 0 atom stereocenters. The fourth-order valence-corrected chi connectivity index (χ4v) is 1.29. The second-order valence-corrected chi connectivity index (χ2v) is 4.29. The number of rotatable bonds is 3. The SMILES string of the molecule is C=C(Br)CCc1ccc(Cl)c(F)c1. The maximum Gasteiger partial charge on any atom is 0.142 e. The third-order valence-electron chi connectivity index (χ3n) is 1.67. The van der Waals surface area contributed by atoms with Crippen LogP contribution >= 0.6 is 27.5 Å². The highest BCUT2D eigenvalue weighted by Crippen LogP contribution is 2.18. The second kappa shape index (κ2) is 4.77. The van der Waals surface area contributed by atoms with Gasteiger partial charge in [0.05, 0.1) is 5.02 Å². The monoisotopic (exact) mass is 262 g/mol. The minimum atomic E-state index is -0.362. The van der Waals surface area contributed by atoms with Crippen LogP contribution in [0.15, 0.2) is 29.3 Å². The van der Waals surface area contributed by atoms with Gasteiger partial charge < -0.3 is 0 Å². The lowest BCUT2D eigenvalue weighted by atomic mass is 10.1. The highest BCUT2D eigenvalue weighted by Gasteiger charge is 2.00. The van der Waals surface area contributed by atoms with Gasteiger partial charge in [0, 0.05) is 0 Å². The fourth-order valence-electron chi connectivity index (χ4n) is 0.975. The Balaban J connectivity index is 2.68. The largest absolute Gasteiger partial charge is 0.205 e. The zero-order valence-corrected chi connectivity index (χ0v) is 9.33. The summed E-state index contributed by atoms with van der Waals surface area (Å²) in [6.45, 7) is 3.71. The molecule has 0 spiro atoms. The molecule has 70 valence electrons. The molecular formula is C10H9BrClF. The zero-order chi connectivity index (χ0) is 9.84. The summed E-state index contributed by atoms with van der Waals surface area (Å²) in [5.41, 5.74) is 0.933. The van der Waals surface area contributed by atoms with Crippen molar-refractivity contribution in [3.8, 4) is 0 Å². The molecule has 0 heterocycles. The van der Waals surface area contributed by atoms with Gasteiger partial charge in [0.2, 0.25) is 0 Å². The third kappa shape index (κ3) is 3.49. The van der Waals surface area contributed by atoms with E-state index in [9.17, 15) is 4.39 Å². The van der Waals surface area contributed by atoms with Crippen molar-refractivity contribution >= 4 is 27.5 Å². The van der Waals surface area contributed by atoms with E-state index in [-0.39, 0.29) is 10.8 Å². The maximum absolute atomic E-state index is 12.9. The second-order valence-electron chi connectivity index (χ2n) is 2.77. The van der Waals surface area contributed by atoms with E-state index in [4.69, 9.17) is 11.6 Å². The van der Waals surface area contributed by atoms with E-state index >= 15 is 0 Å². The molecule has 0 aromatic heterocycles. The van der Waals surface area contributed by atoms with Crippen LogP contribution in [-0.2, 0) is 6.42 Å². The molecule has 1 aromatic rings. The summed E-state index contributed by atoms with van der Waals surface area (Å²) in [4.78, 5) is 0. The van der Waals surface area contributed by atoms with Gasteiger partial charge in [-0.1, -0.05) is 40.2 Å². The molecule has 0 N–H and O–H groups in total. The predicted octanol–water partition coefficient (Wildman–Crippen LogP) is 4.32. The molecule has 0 saturated heterocycles. The molecule has 0 saturated carbocycles. The molecule has 0 fully saturated rings. The van der Waals surface area contributed by atoms with E-state index < -0.39 is 0 Å². The smallest absolute Gasteiger partial charge is 0.142 e. The predicted molar refractivity (Wildman–Crippen MR) is 57.8 cm³/mol. The van der Waals surface area contributed by atoms with Crippen LogP contribution < -0.4 is 0 Å². The third-order valence-corrected chi connectivity index (χ3v) is 2.37. The summed E-state index contributed by atoms with van der Waals surface area (Å²) in [5, 5.41) is 0.168. The number of aryl methyl sites for hydroxylation is 1. The number of hydrogen-bond acceptors (Lipinski definition) is 0. The molecule has 1 aromatic carbocycles. The highest BCUT2D eigenvalue weighted by atomic mass is 79.9. The number of halogens is 3. The molecule has 0 aliphatic rings. The minimum Gasteiger partial charge on any atom is -0.205 e. The fraction of sp³-hybridized carbons (Fsp3) is 0.200. The molecular weight excluding hydrogens is 254 g/mol. The van der Waals surface area contributed by atoms with Gasteiger partial charge in [0.25, 0.3) is 0 Å². The van der Waals surface area contributed by atoms with E-state index in [1.807, 2.05) is 6.07 Å². The van der Waals surface area contributed by atoms with Gasteiger partial charge in [-0.15, -0.1) is 0 Å². The molecule has 0 amide bonds. The molecule has 0 unspecified atom stereocenters. The van der Waals surface area contributed by atoms with Crippen LogP contribution in [0.25, 0.3) is 0 Å². The summed E-state index contributed by atoms with van der Waals surface area (Å²) in [5.74, 6) is -0.362. The van der Waals surface area contributed by atoms with Crippen LogP contribution in [0.2, 0.25) is 5.02 Å². The summed E-state index contributed by atoms with van der Waals surface area (Å²) in [7, 11) is 0. The summed E-state index contributed by atoms with van der Waals surface area (Å²) >= 11 is 8.79. The van der Waals surface area contributed by atoms with Crippen molar-refractivity contribution in [3.05, 3.63) is 45.7 Å². The first-order chi connectivity index (χ1) is 6.09. The number of allylic oxidation sites excluding steroid dienone is 1. The minimum absolute atomic E-state index is 0.168. The quantitative estimate of drug-likeness (QED) is 0.762. The lowest BCUT2D eigenvalue weighted by Gasteiger charge is -2.01. The Morgan fingerprint density at radius 1 is 1.54 bits per heavy atom. The van der Waals surface area contributed by atoms with Crippen molar-refractivity contribution in [1.82, 2.24) is 0 Å². The molecule has 13 heavy (non-hydrogen) atoms. The van der Waals surface area contributed by atoms with Crippen LogP contribution in [0.5, 0.6) is 0 Å². The van der Waals surface area contributed by atoms with Crippen molar-refractivity contribution < 1.29 is 4.39 Å². The molecule has 3 heteroatoms. The molecule has 0 radical (unpaired) electrons. The van der Waals surface area contributed by atoms with Gasteiger partial charge in [0.1, 0.15) is 5.82 Å². The van der Waals surface area contributed by atoms with Crippen molar-refractivity contribution in [2.45, 2.75) is 12.8 Å². The maximum atomic E-state index is 12.9. The Labute approximate surface area is 90.5 Å². The van der Waals surface area contributed by atoms with Gasteiger partial charge in [-0.25, -0.2) is 4.39 Å². The standard InChI is InChI=1S/C10H9BrClF/c1-7(11)2-3-8-4-5-9(12)10(13)6-8/h4-6H,1-3H2. The zero-order valence-electron chi connectivity index (χ0n) is 6.99. The summed E-state index contributed by atoms with van der Waals surface area (Å²) in [6.07, 6.45) is 1.58. The van der Waals surface area contributed by atoms with Crippen LogP contribution in [0.1, 0.15) is 12.0 Å². The number of hydrogen-bond donors (Lipinski definition) is 0. The van der Waals surface area contributed by atoms with E-state index in [0.29, 0.717) is 0 Å². The first kappa shape index (κ1) is 10.7. The highest BCUT2D eigenvalue weighted by molar-refractivity contribution is 9.11. The lowest BCUT2D eigenvalue weighted by molar-refractivity contribution is 0.625. The Kier molecular flexibility index (Phi) is 3.94. The van der Waals surface area contributed by atoms with E-state index in [0.717, 1.165) is 22.9 Å². The molecule has 0 aliphatic heterocycles. The van der Waals surface area contributed by atoms with Gasteiger partial charge in [0.15, 0.2) is 0 Å². The van der Waals surface area contributed by atoms with Crippen LogP contribution in [0, 0.1) is 5.82 Å². The van der Waals surface area contributed by atoms with Gasteiger partial charge in [-0.3, -0.25) is 0 Å². The Morgan fingerprint density at radius 3 is 2.77 bits per heavy atom. The first-order valence-corrected chi connectivity index (χ1v) is 5.04. The van der Waals surface area contributed by atoms with Gasteiger partial charge in [-0.05, 0) is 35.0 Å². The van der Waals surface area contributed by atoms with Gasteiger partial charge >= 0.3 is 0 Å². The van der Waals surface area contributed by atoms with E-state index in [1.54, 1.807) is 6.07 Å². The van der Waals surface area contributed by atoms with Crippen molar-refractivity contribution in [1.29, 1.82) is 0 Å². The molecule has 0 aliphatic carbocycles. The summed E-state index contributed by atoms with van der Waals surface area (Å²) < 4.78 is 13.9. The number of benzene rings is 1. The van der Waals surface area contributed by atoms with Gasteiger partial charge in [-0.2, -0.15) is 0 Å². The Morgan fingerprint density at radius 2 is 2.23 bits per heavy atom. The van der Waals surface area contributed by atoms with Crippen LogP contribution in [-0.4, -0.2) is 0 Å². The Bertz CT molecular complexity index is 323. The van der Waals surface area contributed by atoms with Crippen molar-refractivity contribution in [2.75, 3.05) is 0 Å². The summed E-state index contributed by atoms with van der Waals surface area (Å²) in [6, 6.07) is 4.85. The molecule has 0 bridgehead atoms. The van der Waals surface area contributed by atoms with Crippen molar-refractivity contribution in [3.63, 3.8) is 0 Å². The van der Waals surface area contributed by atoms with E-state index in [2.05, 4.69) is 22.5 Å². The lowest BCUT2D eigenvalue weighted by Crippen LogP contribution is -1.87. The molecule has 1 rings (SSSR count). The van der Waals surface area contributed by atoms with Crippen LogP contribution in [0.4, 0.5) is 4.39 Å². The molecule has 0 nitrogen and oxygen atoms in total.